The van der Waals surface area contributed by atoms with Gasteiger partial charge in [0.2, 0.25) is 0 Å². The number of halogens is 4. The maximum Gasteiger partial charge on any atom is 0.417 e. The molecule has 0 aliphatic rings. The molecule has 2 aromatic carbocycles. The molecule has 5 aromatic rings. The van der Waals surface area contributed by atoms with Crippen LogP contribution in [0, 0.1) is 6.92 Å². The summed E-state index contributed by atoms with van der Waals surface area (Å²) in [6, 6.07) is 13.7. The van der Waals surface area contributed by atoms with Crippen LogP contribution in [-0.2, 0) is 6.18 Å². The summed E-state index contributed by atoms with van der Waals surface area (Å²) < 4.78 is 41.5. The summed E-state index contributed by atoms with van der Waals surface area (Å²) in [6.45, 7) is 1.89. The quantitative estimate of drug-likeness (QED) is 0.289. The van der Waals surface area contributed by atoms with Gasteiger partial charge in [-0.05, 0) is 55.0 Å². The minimum Gasteiger partial charge on any atom is -0.384 e. The van der Waals surface area contributed by atoms with Crippen molar-refractivity contribution in [3.8, 4) is 17.1 Å². The van der Waals surface area contributed by atoms with Crippen LogP contribution in [0.5, 0.6) is 0 Å². The number of aryl methyl sites for hydroxylation is 1. The average molecular weight is 523 g/mol. The first-order valence-corrected chi connectivity index (χ1v) is 11.3. The highest BCUT2D eigenvalue weighted by atomic mass is 35.5. The van der Waals surface area contributed by atoms with E-state index < -0.39 is 22.7 Å². The first-order chi connectivity index (χ1) is 17.6. The fourth-order valence-electron chi connectivity index (χ4n) is 3.93. The van der Waals surface area contributed by atoms with Gasteiger partial charge in [-0.2, -0.15) is 13.2 Å². The predicted molar refractivity (Wildman–Crippen MR) is 136 cm³/mol. The second-order valence-electron chi connectivity index (χ2n) is 8.29. The zero-order valence-corrected chi connectivity index (χ0v) is 20.0. The summed E-state index contributed by atoms with van der Waals surface area (Å²) in [7, 11) is 0. The van der Waals surface area contributed by atoms with Crippen molar-refractivity contribution in [2.75, 3.05) is 11.1 Å². The van der Waals surface area contributed by atoms with Gasteiger partial charge in [0.15, 0.2) is 0 Å². The number of amides is 1. The number of fused-ring (bicyclic) bond motifs is 1. The number of carbonyl (C=O) groups excluding carboxylic acids is 1. The fourth-order valence-corrected chi connectivity index (χ4v) is 4.16. The Morgan fingerprint density at radius 2 is 1.84 bits per heavy atom. The molecule has 0 atom stereocenters. The molecular weight excluding hydrogens is 505 g/mol. The number of nitrogen functional groups attached to an aromatic ring is 1. The second kappa shape index (κ2) is 9.21. The van der Waals surface area contributed by atoms with Crippen molar-refractivity contribution in [2.24, 2.45) is 0 Å². The van der Waals surface area contributed by atoms with Gasteiger partial charge in [0, 0.05) is 40.7 Å². The number of anilines is 2. The summed E-state index contributed by atoms with van der Waals surface area (Å²) >= 11 is 5.67. The van der Waals surface area contributed by atoms with Crippen LogP contribution in [0.25, 0.3) is 28.0 Å². The lowest BCUT2D eigenvalue weighted by atomic mass is 10.0. The smallest absolute Gasteiger partial charge is 0.384 e. The fraction of sp³-hybridized carbons (Fsp3) is 0.0769. The Bertz CT molecular complexity index is 1660. The number of alkyl halides is 3. The number of hydrogen-bond donors (Lipinski definition) is 2. The van der Waals surface area contributed by atoms with Gasteiger partial charge in [-0.1, -0.05) is 17.7 Å². The lowest BCUT2D eigenvalue weighted by Crippen LogP contribution is -2.14. The van der Waals surface area contributed by atoms with Gasteiger partial charge >= 0.3 is 6.18 Å². The summed E-state index contributed by atoms with van der Waals surface area (Å²) in [5.74, 6) is 0.234. The number of rotatable bonds is 4. The molecule has 7 nitrogen and oxygen atoms in total. The highest BCUT2D eigenvalue weighted by Gasteiger charge is 2.33. The van der Waals surface area contributed by atoms with Crippen molar-refractivity contribution in [1.29, 1.82) is 0 Å². The molecule has 0 unspecified atom stereocenters. The third-order valence-corrected chi connectivity index (χ3v) is 6.13. The molecule has 0 fully saturated rings. The minimum atomic E-state index is -4.68. The van der Waals surface area contributed by atoms with Gasteiger partial charge in [-0.15, -0.1) is 0 Å². The zero-order chi connectivity index (χ0) is 26.3. The van der Waals surface area contributed by atoms with Crippen molar-refractivity contribution in [3.05, 3.63) is 95.0 Å². The molecule has 0 saturated carbocycles. The Hall–Kier alpha value is -4.44. The molecule has 11 heteroatoms. The highest BCUT2D eigenvalue weighted by molar-refractivity contribution is 6.31. The zero-order valence-electron chi connectivity index (χ0n) is 19.2. The van der Waals surface area contributed by atoms with Gasteiger partial charge in [-0.3, -0.25) is 9.78 Å². The molecule has 0 radical (unpaired) electrons. The molecule has 5 rings (SSSR count). The van der Waals surface area contributed by atoms with Crippen LogP contribution in [0.2, 0.25) is 5.02 Å². The third-order valence-electron chi connectivity index (χ3n) is 5.80. The summed E-state index contributed by atoms with van der Waals surface area (Å²) in [5, 5.41) is 3.06. The van der Waals surface area contributed by atoms with Crippen LogP contribution in [0.15, 0.2) is 73.3 Å². The maximum atomic E-state index is 13.2. The molecule has 1 amide bonds. The van der Waals surface area contributed by atoms with Crippen LogP contribution in [0.1, 0.15) is 21.5 Å². The summed E-state index contributed by atoms with van der Waals surface area (Å²) in [6.07, 6.45) is 0.280. The summed E-state index contributed by atoms with van der Waals surface area (Å²) in [5.41, 5.74) is 8.06. The molecule has 3 heterocycles. The molecule has 0 bridgehead atoms. The number of carbonyl (C=O) groups is 1. The van der Waals surface area contributed by atoms with Crippen molar-refractivity contribution >= 4 is 39.9 Å². The lowest BCUT2D eigenvalue weighted by molar-refractivity contribution is -0.137. The SMILES string of the molecule is Cc1ccc(NC(=O)c2ccc(Cl)c(C(F)(F)F)c2)cc1-c1cc2c(ccn2-c2cc(N)ncn2)cn1. The number of nitrogens with two attached hydrogens (primary N) is 1. The Morgan fingerprint density at radius 1 is 1.03 bits per heavy atom. The number of hydrogen-bond acceptors (Lipinski definition) is 5. The second-order valence-corrected chi connectivity index (χ2v) is 8.70. The van der Waals surface area contributed by atoms with Gasteiger partial charge in [0.05, 0.1) is 21.8 Å². The number of benzene rings is 2. The Kier molecular flexibility index (Phi) is 6.04. The van der Waals surface area contributed by atoms with Gasteiger partial charge in [0.25, 0.3) is 5.91 Å². The average Bonchev–Trinajstić information content (AvgIpc) is 3.28. The largest absolute Gasteiger partial charge is 0.417 e. The van der Waals surface area contributed by atoms with Crippen LogP contribution in [-0.4, -0.2) is 25.4 Å². The molecule has 0 spiro atoms. The van der Waals surface area contributed by atoms with Crippen LogP contribution in [0.4, 0.5) is 24.7 Å². The highest BCUT2D eigenvalue weighted by Crippen LogP contribution is 2.35. The number of pyridine rings is 1. The molecule has 37 heavy (non-hydrogen) atoms. The molecule has 186 valence electrons. The number of nitrogens with zero attached hydrogens (tertiary/aromatic N) is 4. The molecule has 0 aliphatic carbocycles. The van der Waals surface area contributed by atoms with Gasteiger partial charge in [0.1, 0.15) is 18.0 Å². The van der Waals surface area contributed by atoms with E-state index in [-0.39, 0.29) is 5.56 Å². The van der Waals surface area contributed by atoms with E-state index in [1.807, 2.05) is 29.8 Å². The van der Waals surface area contributed by atoms with E-state index in [0.717, 1.165) is 34.2 Å². The minimum absolute atomic E-state index is 0.166. The van der Waals surface area contributed by atoms with E-state index in [2.05, 4.69) is 20.3 Å². The first-order valence-electron chi connectivity index (χ1n) is 10.9. The Morgan fingerprint density at radius 3 is 2.59 bits per heavy atom. The van der Waals surface area contributed by atoms with Crippen molar-refractivity contribution in [1.82, 2.24) is 19.5 Å². The Labute approximate surface area is 213 Å². The molecule has 3 aromatic heterocycles. The monoisotopic (exact) mass is 522 g/mol. The third kappa shape index (κ3) is 4.83. The van der Waals surface area contributed by atoms with E-state index in [1.165, 1.54) is 12.4 Å². The topological polar surface area (TPSA) is 98.7 Å². The van der Waals surface area contributed by atoms with E-state index in [1.54, 1.807) is 30.5 Å². The van der Waals surface area contributed by atoms with E-state index >= 15 is 0 Å². The lowest BCUT2D eigenvalue weighted by Gasteiger charge is -2.13. The molecule has 3 N–H and O–H groups in total. The predicted octanol–water partition coefficient (Wildman–Crippen LogP) is 6.30. The molecule has 0 saturated heterocycles. The first kappa shape index (κ1) is 24.3. The van der Waals surface area contributed by atoms with Gasteiger partial charge < -0.3 is 15.6 Å². The Balaban J connectivity index is 1.48. The number of aromatic nitrogens is 4. The maximum absolute atomic E-state index is 13.2. The van der Waals surface area contributed by atoms with Crippen molar-refractivity contribution in [3.63, 3.8) is 0 Å². The van der Waals surface area contributed by atoms with E-state index in [4.69, 9.17) is 17.3 Å². The van der Waals surface area contributed by atoms with Crippen LogP contribution >= 0.6 is 11.6 Å². The van der Waals surface area contributed by atoms with Crippen LogP contribution in [0.3, 0.4) is 0 Å². The van der Waals surface area contributed by atoms with Crippen LogP contribution < -0.4 is 11.1 Å². The standard InChI is InChI=1S/C26H18ClF3N6O/c1-14-2-4-17(35-25(37)15-3-5-20(27)19(8-15)26(28,29)30)9-18(14)21-10-22-16(12-32-21)6-7-36(22)24-11-23(31)33-13-34-24/h2-13H,1H3,(H,35,37)(H2,31,33,34). The van der Waals surface area contributed by atoms with E-state index in [0.29, 0.717) is 23.0 Å². The summed E-state index contributed by atoms with van der Waals surface area (Å²) in [4.78, 5) is 25.5. The normalized spacial score (nSPS) is 11.6. The molecular formula is C26H18ClF3N6O. The van der Waals surface area contributed by atoms with E-state index in [9.17, 15) is 18.0 Å². The van der Waals surface area contributed by atoms with Crippen molar-refractivity contribution < 1.29 is 18.0 Å². The number of nitrogens with one attached hydrogen (secondary N) is 1. The molecule has 0 aliphatic heterocycles. The van der Waals surface area contributed by atoms with Gasteiger partial charge in [-0.25, -0.2) is 9.97 Å². The van der Waals surface area contributed by atoms with Crippen molar-refractivity contribution in [2.45, 2.75) is 13.1 Å².